The van der Waals surface area contributed by atoms with Crippen molar-refractivity contribution < 1.29 is 13.2 Å². The Bertz CT molecular complexity index is 528. The van der Waals surface area contributed by atoms with Gasteiger partial charge in [-0.2, -0.15) is 4.31 Å². The van der Waals surface area contributed by atoms with Crippen molar-refractivity contribution in [2.75, 3.05) is 26.3 Å². The Labute approximate surface area is 120 Å². The van der Waals surface area contributed by atoms with Crippen LogP contribution in [0.2, 0.25) is 0 Å². The molecule has 1 aliphatic heterocycles. The summed E-state index contributed by atoms with van der Waals surface area (Å²) in [6.45, 7) is 3.90. The van der Waals surface area contributed by atoms with E-state index in [1.165, 1.54) is 0 Å². The molecule has 0 saturated carbocycles. The van der Waals surface area contributed by atoms with Crippen LogP contribution in [-0.4, -0.2) is 45.1 Å². The van der Waals surface area contributed by atoms with E-state index >= 15 is 0 Å². The summed E-state index contributed by atoms with van der Waals surface area (Å²) in [6, 6.07) is 6.94. The van der Waals surface area contributed by atoms with Crippen molar-refractivity contribution in [3.63, 3.8) is 0 Å². The Balaban J connectivity index is 2.24. The summed E-state index contributed by atoms with van der Waals surface area (Å²) in [6.07, 6.45) is 1.51. The minimum atomic E-state index is -3.43. The molecule has 0 aliphatic carbocycles. The first kappa shape index (κ1) is 15.4. The van der Waals surface area contributed by atoms with Gasteiger partial charge in [0.1, 0.15) is 0 Å². The maximum absolute atomic E-state index is 12.7. The molecule has 0 spiro atoms. The van der Waals surface area contributed by atoms with Gasteiger partial charge in [-0.05, 0) is 37.1 Å². The second kappa shape index (κ2) is 6.67. The molecular weight excluding hydrogens is 276 g/mol. The lowest BCUT2D eigenvalue weighted by molar-refractivity contribution is 0.0314. The highest BCUT2D eigenvalue weighted by atomic mass is 32.2. The molecule has 1 unspecified atom stereocenters. The van der Waals surface area contributed by atoms with Crippen LogP contribution < -0.4 is 5.73 Å². The summed E-state index contributed by atoms with van der Waals surface area (Å²) in [5.41, 5.74) is 6.55. The maximum Gasteiger partial charge on any atom is 0.243 e. The minimum absolute atomic E-state index is 0.0718. The van der Waals surface area contributed by atoms with Gasteiger partial charge in [0.15, 0.2) is 0 Å². The molecule has 1 aliphatic rings. The molecular formula is C14H22N2O3S. The Morgan fingerprint density at radius 2 is 2.05 bits per heavy atom. The third kappa shape index (κ3) is 3.20. The van der Waals surface area contributed by atoms with Crippen LogP contribution in [0.5, 0.6) is 0 Å². The van der Waals surface area contributed by atoms with E-state index in [1.54, 1.807) is 16.4 Å². The van der Waals surface area contributed by atoms with E-state index in [0.29, 0.717) is 31.2 Å². The third-order valence-corrected chi connectivity index (χ3v) is 5.57. The predicted molar refractivity (Wildman–Crippen MR) is 78.0 cm³/mol. The highest BCUT2D eigenvalue weighted by molar-refractivity contribution is 7.89. The van der Waals surface area contributed by atoms with Crippen molar-refractivity contribution >= 4 is 10.0 Å². The SMILES string of the molecule is CCC1COCCN1S(=O)(=O)c1ccc(CCN)cc1. The fraction of sp³-hybridized carbons (Fsp3) is 0.571. The van der Waals surface area contributed by atoms with E-state index < -0.39 is 10.0 Å². The number of hydrogen-bond acceptors (Lipinski definition) is 4. The van der Waals surface area contributed by atoms with Crippen molar-refractivity contribution in [3.05, 3.63) is 29.8 Å². The Morgan fingerprint density at radius 1 is 1.35 bits per heavy atom. The first-order valence-electron chi connectivity index (χ1n) is 6.98. The smallest absolute Gasteiger partial charge is 0.243 e. The molecule has 0 bridgehead atoms. The minimum Gasteiger partial charge on any atom is -0.378 e. The zero-order chi connectivity index (χ0) is 14.6. The number of hydrogen-bond donors (Lipinski definition) is 1. The van der Waals surface area contributed by atoms with Crippen LogP contribution in [0, 0.1) is 0 Å². The van der Waals surface area contributed by atoms with Crippen LogP contribution >= 0.6 is 0 Å². The maximum atomic E-state index is 12.7. The fourth-order valence-electron chi connectivity index (χ4n) is 2.41. The molecule has 1 fully saturated rings. The summed E-state index contributed by atoms with van der Waals surface area (Å²) in [4.78, 5) is 0.346. The Morgan fingerprint density at radius 3 is 2.65 bits per heavy atom. The van der Waals surface area contributed by atoms with Gasteiger partial charge >= 0.3 is 0 Å². The molecule has 112 valence electrons. The van der Waals surface area contributed by atoms with Gasteiger partial charge in [-0.3, -0.25) is 0 Å². The molecule has 1 heterocycles. The Hall–Kier alpha value is -0.950. The molecule has 1 aromatic carbocycles. The highest BCUT2D eigenvalue weighted by Crippen LogP contribution is 2.22. The zero-order valence-corrected chi connectivity index (χ0v) is 12.6. The summed E-state index contributed by atoms with van der Waals surface area (Å²) >= 11 is 0. The van der Waals surface area contributed by atoms with Gasteiger partial charge < -0.3 is 10.5 Å². The molecule has 1 aromatic rings. The molecule has 6 heteroatoms. The topological polar surface area (TPSA) is 72.6 Å². The quantitative estimate of drug-likeness (QED) is 0.880. The van der Waals surface area contributed by atoms with Gasteiger partial charge in [-0.25, -0.2) is 8.42 Å². The number of sulfonamides is 1. The average molecular weight is 298 g/mol. The third-order valence-electron chi connectivity index (χ3n) is 3.61. The summed E-state index contributed by atoms with van der Waals surface area (Å²) in [5.74, 6) is 0. The second-order valence-electron chi connectivity index (χ2n) is 4.94. The monoisotopic (exact) mass is 298 g/mol. The van der Waals surface area contributed by atoms with E-state index in [0.717, 1.165) is 18.4 Å². The molecule has 2 N–H and O–H groups in total. The number of benzene rings is 1. The molecule has 1 saturated heterocycles. The lowest BCUT2D eigenvalue weighted by Gasteiger charge is -2.34. The van der Waals surface area contributed by atoms with Crippen LogP contribution in [0.15, 0.2) is 29.2 Å². The van der Waals surface area contributed by atoms with Crippen LogP contribution in [0.1, 0.15) is 18.9 Å². The van der Waals surface area contributed by atoms with Crippen molar-refractivity contribution in [3.8, 4) is 0 Å². The number of nitrogens with two attached hydrogens (primary N) is 1. The number of morpholine rings is 1. The molecule has 0 amide bonds. The van der Waals surface area contributed by atoms with Gasteiger partial charge in [0.25, 0.3) is 0 Å². The molecule has 5 nitrogen and oxygen atoms in total. The molecule has 0 radical (unpaired) electrons. The van der Waals surface area contributed by atoms with Gasteiger partial charge in [0, 0.05) is 12.6 Å². The number of rotatable bonds is 5. The van der Waals surface area contributed by atoms with E-state index in [4.69, 9.17) is 10.5 Å². The first-order chi connectivity index (χ1) is 9.59. The zero-order valence-electron chi connectivity index (χ0n) is 11.8. The van der Waals surface area contributed by atoms with Crippen LogP contribution in [0.4, 0.5) is 0 Å². The van der Waals surface area contributed by atoms with Crippen molar-refractivity contribution in [1.82, 2.24) is 4.31 Å². The lowest BCUT2D eigenvalue weighted by atomic mass is 10.2. The standard InChI is InChI=1S/C14H22N2O3S/c1-2-13-11-19-10-9-16(13)20(17,18)14-5-3-12(4-6-14)7-8-15/h3-6,13H,2,7-11,15H2,1H3. The molecule has 1 atom stereocenters. The number of ether oxygens (including phenoxy) is 1. The van der Waals surface area contributed by atoms with Gasteiger partial charge in [0.2, 0.25) is 10.0 Å². The number of nitrogens with zero attached hydrogens (tertiary/aromatic N) is 1. The van der Waals surface area contributed by atoms with E-state index in [2.05, 4.69) is 0 Å². The van der Waals surface area contributed by atoms with E-state index in [-0.39, 0.29) is 6.04 Å². The lowest BCUT2D eigenvalue weighted by Crippen LogP contribution is -2.48. The summed E-state index contributed by atoms with van der Waals surface area (Å²) in [5, 5.41) is 0. The van der Waals surface area contributed by atoms with Gasteiger partial charge in [-0.1, -0.05) is 19.1 Å². The fourth-order valence-corrected chi connectivity index (χ4v) is 4.08. The van der Waals surface area contributed by atoms with Crippen molar-refractivity contribution in [2.45, 2.75) is 30.7 Å². The molecule has 20 heavy (non-hydrogen) atoms. The Kier molecular flexibility index (Phi) is 5.15. The van der Waals surface area contributed by atoms with Gasteiger partial charge in [0.05, 0.1) is 18.1 Å². The predicted octanol–water partition coefficient (Wildman–Crippen LogP) is 0.987. The molecule has 0 aromatic heterocycles. The normalized spacial score (nSPS) is 21.0. The van der Waals surface area contributed by atoms with E-state index in [9.17, 15) is 8.42 Å². The largest absolute Gasteiger partial charge is 0.378 e. The average Bonchev–Trinajstić information content (AvgIpc) is 2.48. The van der Waals surface area contributed by atoms with Crippen LogP contribution in [-0.2, 0) is 21.2 Å². The van der Waals surface area contributed by atoms with E-state index in [1.807, 2.05) is 19.1 Å². The summed E-state index contributed by atoms with van der Waals surface area (Å²) in [7, 11) is -3.43. The van der Waals surface area contributed by atoms with Crippen molar-refractivity contribution in [1.29, 1.82) is 0 Å². The first-order valence-corrected chi connectivity index (χ1v) is 8.42. The van der Waals surface area contributed by atoms with Crippen molar-refractivity contribution in [2.24, 2.45) is 5.73 Å². The molecule has 2 rings (SSSR count). The summed E-state index contributed by atoms with van der Waals surface area (Å²) < 4.78 is 32.3. The highest BCUT2D eigenvalue weighted by Gasteiger charge is 2.32. The van der Waals surface area contributed by atoms with Crippen LogP contribution in [0.25, 0.3) is 0 Å². The van der Waals surface area contributed by atoms with Crippen LogP contribution in [0.3, 0.4) is 0 Å². The second-order valence-corrected chi connectivity index (χ2v) is 6.83. The van der Waals surface area contributed by atoms with Gasteiger partial charge in [-0.15, -0.1) is 0 Å².